The van der Waals surface area contributed by atoms with E-state index >= 15 is 0 Å². The van der Waals surface area contributed by atoms with Crippen LogP contribution in [-0.2, 0) is 30.6 Å². The minimum absolute atomic E-state index is 0.0781. The summed E-state index contributed by atoms with van der Waals surface area (Å²) in [4.78, 5) is 62.7. The molecule has 3 rings (SSSR count). The predicted octanol–water partition coefficient (Wildman–Crippen LogP) is -0.104. The van der Waals surface area contributed by atoms with Crippen LogP contribution in [0.3, 0.4) is 0 Å². The summed E-state index contributed by atoms with van der Waals surface area (Å²) >= 11 is 0. The number of aromatic nitrogens is 1. The Hall–Kier alpha value is -3.34. The first kappa shape index (κ1) is 19.0. The normalized spacial score (nSPS) is 16.5. The van der Waals surface area contributed by atoms with Crippen LogP contribution in [0.4, 0.5) is 4.79 Å². The van der Waals surface area contributed by atoms with Gasteiger partial charge in [0.2, 0.25) is 0 Å². The quantitative estimate of drug-likeness (QED) is 0.558. The molecule has 5 amide bonds. The van der Waals surface area contributed by atoms with Gasteiger partial charge in [-0.05, 0) is 11.6 Å². The molecule has 0 unspecified atom stereocenters. The number of hydrogen-bond donors (Lipinski definition) is 2. The van der Waals surface area contributed by atoms with E-state index in [4.69, 9.17) is 5.21 Å². The third-order valence-corrected chi connectivity index (χ3v) is 3.36. The molecule has 138 valence electrons. The second kappa shape index (κ2) is 8.67. The average Bonchev–Trinajstić information content (AvgIpc) is 3.11. The van der Waals surface area contributed by atoms with Gasteiger partial charge in [-0.3, -0.25) is 29.4 Å². The molecule has 11 heteroatoms. The number of nitrogens with one attached hydrogen (secondary N) is 1. The Labute approximate surface area is 147 Å². The number of carbonyl (C=O) groups excluding carboxylic acids is 5. The van der Waals surface area contributed by atoms with Gasteiger partial charge >= 0.3 is 6.09 Å². The maximum atomic E-state index is 11.4. The molecule has 11 nitrogen and oxygen atoms in total. The Bertz CT molecular complexity index is 690. The van der Waals surface area contributed by atoms with Crippen molar-refractivity contribution in [1.29, 1.82) is 0 Å². The third kappa shape index (κ3) is 5.08. The Balaban J connectivity index is 0.000000254. The molecule has 0 bridgehead atoms. The van der Waals surface area contributed by atoms with Crippen LogP contribution in [0.2, 0.25) is 0 Å². The molecule has 2 saturated heterocycles. The van der Waals surface area contributed by atoms with Crippen LogP contribution >= 0.6 is 0 Å². The minimum atomic E-state index is -0.845. The van der Waals surface area contributed by atoms with Crippen molar-refractivity contribution >= 4 is 29.7 Å². The molecule has 0 aliphatic carbocycles. The number of amides is 5. The summed E-state index contributed by atoms with van der Waals surface area (Å²) in [7, 11) is 0. The van der Waals surface area contributed by atoms with Gasteiger partial charge in [-0.25, -0.2) is 4.79 Å². The second-order valence-electron chi connectivity index (χ2n) is 5.27. The number of rotatable bonds is 3. The smallest absolute Gasteiger partial charge is 0.315 e. The SMILES string of the molecule is O=C(NCc1cccnc1)ON1C(=O)CCC1=O.O=C1CCC(=O)N1O. The van der Waals surface area contributed by atoms with E-state index in [2.05, 4.69) is 15.1 Å². The van der Waals surface area contributed by atoms with Crippen LogP contribution < -0.4 is 5.32 Å². The summed E-state index contributed by atoms with van der Waals surface area (Å²) in [6.45, 7) is 0.211. The van der Waals surface area contributed by atoms with Gasteiger partial charge in [0.05, 0.1) is 0 Å². The van der Waals surface area contributed by atoms with Crippen molar-refractivity contribution in [3.63, 3.8) is 0 Å². The van der Waals surface area contributed by atoms with E-state index in [1.54, 1.807) is 24.5 Å². The number of nitrogens with zero attached hydrogens (tertiary/aromatic N) is 3. The summed E-state index contributed by atoms with van der Waals surface area (Å²) in [6.07, 6.45) is 2.81. The molecule has 2 aliphatic rings. The third-order valence-electron chi connectivity index (χ3n) is 3.36. The van der Waals surface area contributed by atoms with Crippen molar-refractivity contribution < 1.29 is 34.0 Å². The highest BCUT2D eigenvalue weighted by molar-refractivity contribution is 6.01. The summed E-state index contributed by atoms with van der Waals surface area (Å²) < 4.78 is 0. The van der Waals surface area contributed by atoms with E-state index in [9.17, 15) is 24.0 Å². The number of imide groups is 2. The monoisotopic (exact) mass is 364 g/mol. The zero-order valence-electron chi connectivity index (χ0n) is 13.6. The fourth-order valence-electron chi connectivity index (χ4n) is 2.01. The van der Waals surface area contributed by atoms with E-state index in [1.807, 2.05) is 0 Å². The molecule has 1 aromatic rings. The maximum Gasteiger partial charge on any atom is 0.432 e. The van der Waals surface area contributed by atoms with Gasteiger partial charge < -0.3 is 10.2 Å². The molecule has 3 heterocycles. The molecular formula is C15H16N4O7. The van der Waals surface area contributed by atoms with Crippen LogP contribution in [0.5, 0.6) is 0 Å². The van der Waals surface area contributed by atoms with Crippen LogP contribution in [-0.4, -0.2) is 50.0 Å². The Morgan fingerprint density at radius 1 is 1.08 bits per heavy atom. The highest BCUT2D eigenvalue weighted by atomic mass is 16.7. The van der Waals surface area contributed by atoms with Gasteiger partial charge in [-0.2, -0.15) is 5.06 Å². The van der Waals surface area contributed by atoms with Crippen molar-refractivity contribution in [3.05, 3.63) is 30.1 Å². The minimum Gasteiger partial charge on any atom is -0.315 e. The fraction of sp³-hybridized carbons (Fsp3) is 0.333. The zero-order chi connectivity index (χ0) is 19.1. The summed E-state index contributed by atoms with van der Waals surface area (Å²) in [5, 5.41) is 11.5. The first-order valence-electron chi connectivity index (χ1n) is 7.63. The van der Waals surface area contributed by atoms with Crippen molar-refractivity contribution in [2.24, 2.45) is 0 Å². The lowest BCUT2D eigenvalue weighted by Crippen LogP contribution is -2.36. The molecule has 2 N–H and O–H groups in total. The summed E-state index contributed by atoms with van der Waals surface area (Å²) in [6, 6.07) is 3.51. The van der Waals surface area contributed by atoms with Crippen molar-refractivity contribution in [1.82, 2.24) is 20.4 Å². The highest BCUT2D eigenvalue weighted by Gasteiger charge is 2.32. The highest BCUT2D eigenvalue weighted by Crippen LogP contribution is 2.12. The zero-order valence-corrected chi connectivity index (χ0v) is 13.6. The summed E-state index contributed by atoms with van der Waals surface area (Å²) in [5.41, 5.74) is 0.786. The first-order valence-corrected chi connectivity index (χ1v) is 7.63. The van der Waals surface area contributed by atoms with E-state index < -0.39 is 29.7 Å². The van der Waals surface area contributed by atoms with E-state index in [0.717, 1.165) is 5.56 Å². The molecule has 0 saturated carbocycles. The van der Waals surface area contributed by atoms with Crippen LogP contribution in [0.15, 0.2) is 24.5 Å². The largest absolute Gasteiger partial charge is 0.432 e. The van der Waals surface area contributed by atoms with Crippen LogP contribution in [0, 0.1) is 0 Å². The van der Waals surface area contributed by atoms with Gasteiger partial charge in [0.15, 0.2) is 0 Å². The molecule has 0 spiro atoms. The van der Waals surface area contributed by atoms with E-state index in [-0.39, 0.29) is 37.3 Å². The number of pyridine rings is 1. The fourth-order valence-corrected chi connectivity index (χ4v) is 2.01. The lowest BCUT2D eigenvalue weighted by atomic mass is 10.3. The standard InChI is InChI=1S/C11H11N3O4.C4H5NO3/c15-9-3-4-10(16)14(9)18-11(17)13-7-8-2-1-5-12-6-8;6-3-1-2-4(7)5(3)8/h1-2,5-6H,3-4,7H2,(H,13,17);8H,1-2H2. The average molecular weight is 364 g/mol. The van der Waals surface area contributed by atoms with Crippen molar-refractivity contribution in [2.75, 3.05) is 0 Å². The summed E-state index contributed by atoms with van der Waals surface area (Å²) in [5.74, 6) is -2.02. The van der Waals surface area contributed by atoms with Gasteiger partial charge in [0, 0.05) is 44.6 Å². The molecule has 26 heavy (non-hydrogen) atoms. The van der Waals surface area contributed by atoms with Gasteiger partial charge in [0.1, 0.15) is 0 Å². The first-order chi connectivity index (χ1) is 12.4. The topological polar surface area (TPSA) is 146 Å². The number of carbonyl (C=O) groups is 5. The molecule has 0 atom stereocenters. The van der Waals surface area contributed by atoms with Gasteiger partial charge in [0.25, 0.3) is 23.6 Å². The van der Waals surface area contributed by atoms with Crippen molar-refractivity contribution in [2.45, 2.75) is 32.2 Å². The van der Waals surface area contributed by atoms with E-state index in [0.29, 0.717) is 5.06 Å². The Morgan fingerprint density at radius 3 is 2.12 bits per heavy atom. The van der Waals surface area contributed by atoms with Gasteiger partial charge in [-0.15, -0.1) is 5.06 Å². The maximum absolute atomic E-state index is 11.4. The molecule has 2 aliphatic heterocycles. The number of hydroxylamine groups is 4. The molecular weight excluding hydrogens is 348 g/mol. The number of hydrogen-bond acceptors (Lipinski definition) is 8. The molecule has 1 aromatic heterocycles. The molecule has 0 aromatic carbocycles. The predicted molar refractivity (Wildman–Crippen MR) is 81.5 cm³/mol. The Kier molecular flexibility index (Phi) is 6.33. The lowest BCUT2D eigenvalue weighted by Gasteiger charge is -2.12. The second-order valence-corrected chi connectivity index (χ2v) is 5.27. The lowest BCUT2D eigenvalue weighted by molar-refractivity contribution is -0.172. The van der Waals surface area contributed by atoms with Crippen molar-refractivity contribution in [3.8, 4) is 0 Å². The van der Waals surface area contributed by atoms with Crippen LogP contribution in [0.1, 0.15) is 31.2 Å². The van der Waals surface area contributed by atoms with E-state index in [1.165, 1.54) is 0 Å². The molecule has 2 fully saturated rings. The van der Waals surface area contributed by atoms with Crippen LogP contribution in [0.25, 0.3) is 0 Å². The molecule has 0 radical (unpaired) electrons. The van der Waals surface area contributed by atoms with Gasteiger partial charge in [-0.1, -0.05) is 6.07 Å². The Morgan fingerprint density at radius 2 is 1.65 bits per heavy atom.